The number of anilines is 1. The maximum Gasteiger partial charge on any atom is 0.195 e. The van der Waals surface area contributed by atoms with Gasteiger partial charge in [-0.05, 0) is 31.2 Å². The second-order valence-corrected chi connectivity index (χ2v) is 4.77. The fourth-order valence-corrected chi connectivity index (χ4v) is 2.46. The SMILES string of the molecule is Cc1[nH]c2ccccc2c1C(=O)c1cc(N)cc(F)c1. The third-order valence-corrected chi connectivity index (χ3v) is 3.30. The number of fused-ring (bicyclic) bond motifs is 1. The maximum atomic E-state index is 13.4. The van der Waals surface area contributed by atoms with Gasteiger partial charge in [0.25, 0.3) is 0 Å². The zero-order chi connectivity index (χ0) is 14.3. The summed E-state index contributed by atoms with van der Waals surface area (Å²) in [5, 5.41) is 0.831. The Labute approximate surface area is 115 Å². The van der Waals surface area contributed by atoms with Crippen LogP contribution in [0.25, 0.3) is 10.9 Å². The molecule has 0 aliphatic rings. The normalized spacial score (nSPS) is 10.9. The molecule has 0 amide bonds. The van der Waals surface area contributed by atoms with E-state index in [4.69, 9.17) is 5.73 Å². The Kier molecular flexibility index (Phi) is 2.79. The Morgan fingerprint density at radius 3 is 2.70 bits per heavy atom. The zero-order valence-corrected chi connectivity index (χ0v) is 10.9. The minimum Gasteiger partial charge on any atom is -0.399 e. The van der Waals surface area contributed by atoms with E-state index in [0.29, 0.717) is 5.56 Å². The molecule has 0 unspecified atom stereocenters. The molecule has 3 N–H and O–H groups in total. The number of nitrogen functional groups attached to an aromatic ring is 1. The summed E-state index contributed by atoms with van der Waals surface area (Å²) in [4.78, 5) is 15.8. The fraction of sp³-hybridized carbons (Fsp3) is 0.0625. The number of aromatic amines is 1. The van der Waals surface area contributed by atoms with Crippen LogP contribution >= 0.6 is 0 Å². The van der Waals surface area contributed by atoms with Crippen LogP contribution in [0.15, 0.2) is 42.5 Å². The molecule has 4 heteroatoms. The van der Waals surface area contributed by atoms with Crippen LogP contribution in [-0.2, 0) is 0 Å². The molecule has 0 aliphatic heterocycles. The topological polar surface area (TPSA) is 58.9 Å². The standard InChI is InChI=1S/C16H13FN2O/c1-9-15(13-4-2-3-5-14(13)19-9)16(20)10-6-11(17)8-12(18)7-10/h2-8,19H,18H2,1H3. The summed E-state index contributed by atoms with van der Waals surface area (Å²) in [5.74, 6) is -0.739. The Morgan fingerprint density at radius 1 is 1.20 bits per heavy atom. The van der Waals surface area contributed by atoms with Gasteiger partial charge in [-0.25, -0.2) is 4.39 Å². The summed E-state index contributed by atoms with van der Waals surface area (Å²) in [7, 11) is 0. The molecule has 0 spiro atoms. The smallest absolute Gasteiger partial charge is 0.195 e. The number of ketones is 1. The number of nitrogens with one attached hydrogen (secondary N) is 1. The predicted octanol–water partition coefficient (Wildman–Crippen LogP) is 3.43. The lowest BCUT2D eigenvalue weighted by Crippen LogP contribution is -2.04. The van der Waals surface area contributed by atoms with E-state index < -0.39 is 5.82 Å². The van der Waals surface area contributed by atoms with Gasteiger partial charge in [0.2, 0.25) is 0 Å². The molecule has 0 saturated carbocycles. The van der Waals surface area contributed by atoms with Gasteiger partial charge in [-0.1, -0.05) is 18.2 Å². The molecule has 3 aromatic rings. The van der Waals surface area contributed by atoms with Gasteiger partial charge in [0.15, 0.2) is 5.78 Å². The molecule has 1 aromatic heterocycles. The van der Waals surface area contributed by atoms with Gasteiger partial charge >= 0.3 is 0 Å². The number of nitrogens with two attached hydrogens (primary N) is 1. The molecule has 1 heterocycles. The van der Waals surface area contributed by atoms with Crippen LogP contribution in [0, 0.1) is 12.7 Å². The summed E-state index contributed by atoms with van der Waals surface area (Å²) >= 11 is 0. The van der Waals surface area contributed by atoms with Crippen LogP contribution in [-0.4, -0.2) is 10.8 Å². The minimum atomic E-state index is -0.508. The lowest BCUT2D eigenvalue weighted by Gasteiger charge is -2.03. The Hall–Kier alpha value is -2.62. The number of benzene rings is 2. The molecule has 0 aliphatic carbocycles. The zero-order valence-electron chi connectivity index (χ0n) is 10.9. The van der Waals surface area contributed by atoms with Gasteiger partial charge in [0, 0.05) is 27.8 Å². The van der Waals surface area contributed by atoms with E-state index in [0.717, 1.165) is 16.6 Å². The molecule has 0 fully saturated rings. The second-order valence-electron chi connectivity index (χ2n) is 4.77. The molecule has 20 heavy (non-hydrogen) atoms. The number of aryl methyl sites for hydroxylation is 1. The minimum absolute atomic E-state index is 0.230. The lowest BCUT2D eigenvalue weighted by molar-refractivity contribution is 0.103. The van der Waals surface area contributed by atoms with E-state index in [1.54, 1.807) is 0 Å². The Balaban J connectivity index is 2.20. The van der Waals surface area contributed by atoms with Gasteiger partial charge in [-0.3, -0.25) is 4.79 Å². The maximum absolute atomic E-state index is 13.4. The van der Waals surface area contributed by atoms with Crippen LogP contribution in [0.2, 0.25) is 0 Å². The predicted molar refractivity (Wildman–Crippen MR) is 77.3 cm³/mol. The number of carbonyl (C=O) groups excluding carboxylic acids is 1. The number of hydrogen-bond acceptors (Lipinski definition) is 2. The monoisotopic (exact) mass is 268 g/mol. The number of hydrogen-bond donors (Lipinski definition) is 2. The molecular weight excluding hydrogens is 255 g/mol. The molecule has 0 atom stereocenters. The van der Waals surface area contributed by atoms with Crippen molar-refractivity contribution in [1.82, 2.24) is 4.98 Å². The average Bonchev–Trinajstić information content (AvgIpc) is 2.72. The molecule has 100 valence electrons. The van der Waals surface area contributed by atoms with E-state index >= 15 is 0 Å². The lowest BCUT2D eigenvalue weighted by atomic mass is 10.00. The van der Waals surface area contributed by atoms with Crippen LogP contribution in [0.1, 0.15) is 21.6 Å². The first-order valence-electron chi connectivity index (χ1n) is 6.24. The number of aromatic nitrogens is 1. The molecule has 0 saturated heterocycles. The highest BCUT2D eigenvalue weighted by molar-refractivity contribution is 6.17. The molecular formula is C16H13FN2O. The highest BCUT2D eigenvalue weighted by atomic mass is 19.1. The Bertz CT molecular complexity index is 800. The van der Waals surface area contributed by atoms with Gasteiger partial charge < -0.3 is 10.7 Å². The van der Waals surface area contributed by atoms with E-state index in [9.17, 15) is 9.18 Å². The van der Waals surface area contributed by atoms with Crippen molar-refractivity contribution in [3.8, 4) is 0 Å². The van der Waals surface area contributed by atoms with E-state index in [-0.39, 0.29) is 17.0 Å². The molecule has 0 bridgehead atoms. The Morgan fingerprint density at radius 2 is 1.95 bits per heavy atom. The summed E-state index contributed by atoms with van der Waals surface area (Å²) in [6.07, 6.45) is 0. The largest absolute Gasteiger partial charge is 0.399 e. The average molecular weight is 268 g/mol. The van der Waals surface area contributed by atoms with Crippen molar-refractivity contribution in [1.29, 1.82) is 0 Å². The van der Waals surface area contributed by atoms with Crippen molar-refractivity contribution >= 4 is 22.4 Å². The highest BCUT2D eigenvalue weighted by Gasteiger charge is 2.18. The molecule has 3 rings (SSSR count). The van der Waals surface area contributed by atoms with Crippen molar-refractivity contribution in [3.63, 3.8) is 0 Å². The third-order valence-electron chi connectivity index (χ3n) is 3.30. The first-order chi connectivity index (χ1) is 9.56. The van der Waals surface area contributed by atoms with Crippen LogP contribution in [0.5, 0.6) is 0 Å². The second kappa shape index (κ2) is 4.49. The van der Waals surface area contributed by atoms with Crippen LogP contribution in [0.4, 0.5) is 10.1 Å². The molecule has 2 aromatic carbocycles. The van der Waals surface area contributed by atoms with E-state index in [1.807, 2.05) is 31.2 Å². The van der Waals surface area contributed by atoms with Crippen molar-refractivity contribution in [2.75, 3.05) is 5.73 Å². The van der Waals surface area contributed by atoms with Crippen molar-refractivity contribution in [2.45, 2.75) is 6.92 Å². The number of para-hydroxylation sites is 1. The number of rotatable bonds is 2. The van der Waals surface area contributed by atoms with Crippen LogP contribution < -0.4 is 5.73 Å². The third kappa shape index (κ3) is 1.95. The summed E-state index contributed by atoms with van der Waals surface area (Å²) < 4.78 is 13.4. The van der Waals surface area contributed by atoms with Crippen molar-refractivity contribution in [2.24, 2.45) is 0 Å². The quantitative estimate of drug-likeness (QED) is 0.552. The molecule has 0 radical (unpaired) electrons. The van der Waals surface area contributed by atoms with Gasteiger partial charge in [-0.2, -0.15) is 0 Å². The number of H-pyrrole nitrogens is 1. The van der Waals surface area contributed by atoms with Crippen LogP contribution in [0.3, 0.4) is 0 Å². The van der Waals surface area contributed by atoms with Gasteiger partial charge in [-0.15, -0.1) is 0 Å². The molecule has 3 nitrogen and oxygen atoms in total. The van der Waals surface area contributed by atoms with Gasteiger partial charge in [0.05, 0.1) is 5.56 Å². The van der Waals surface area contributed by atoms with E-state index in [2.05, 4.69) is 4.98 Å². The number of halogens is 1. The highest BCUT2D eigenvalue weighted by Crippen LogP contribution is 2.25. The fourth-order valence-electron chi connectivity index (χ4n) is 2.46. The number of carbonyl (C=O) groups is 1. The van der Waals surface area contributed by atoms with Crippen molar-refractivity contribution in [3.05, 3.63) is 65.1 Å². The van der Waals surface area contributed by atoms with Gasteiger partial charge in [0.1, 0.15) is 5.82 Å². The van der Waals surface area contributed by atoms with E-state index in [1.165, 1.54) is 18.2 Å². The van der Waals surface area contributed by atoms with Crippen molar-refractivity contribution < 1.29 is 9.18 Å². The summed E-state index contributed by atoms with van der Waals surface area (Å²) in [5.41, 5.74) is 8.31. The first-order valence-corrected chi connectivity index (χ1v) is 6.24. The summed E-state index contributed by atoms with van der Waals surface area (Å²) in [6.45, 7) is 1.83. The summed E-state index contributed by atoms with van der Waals surface area (Å²) in [6, 6.07) is 11.4. The first kappa shape index (κ1) is 12.4.